The Morgan fingerprint density at radius 2 is 2.14 bits per heavy atom. The molecular weight excluding hydrogens is 170 g/mol. The molecule has 0 aliphatic carbocycles. The van der Waals surface area contributed by atoms with Gasteiger partial charge in [-0.2, -0.15) is 0 Å². The maximum Gasteiger partial charge on any atom is 0.0626 e. The van der Waals surface area contributed by atoms with Crippen LogP contribution >= 0.6 is 0 Å². The van der Waals surface area contributed by atoms with Crippen LogP contribution in [0.2, 0.25) is 0 Å². The first-order valence-electron chi connectivity index (χ1n) is 5.51. The lowest BCUT2D eigenvalue weighted by Crippen LogP contribution is -1.77. The van der Waals surface area contributed by atoms with Gasteiger partial charge in [-0.05, 0) is 31.1 Å². The Morgan fingerprint density at radius 1 is 1.21 bits per heavy atom. The van der Waals surface area contributed by atoms with Crippen LogP contribution in [0, 0.1) is 0 Å². The third-order valence-electron chi connectivity index (χ3n) is 2.20. The number of rotatable bonds is 6. The largest absolute Gasteiger partial charge is 0.257 e. The van der Waals surface area contributed by atoms with E-state index in [1.165, 1.54) is 32.1 Å². The number of hydrogen-bond donors (Lipinski definition) is 0. The molecule has 0 amide bonds. The van der Waals surface area contributed by atoms with Gasteiger partial charge >= 0.3 is 0 Å². The van der Waals surface area contributed by atoms with Crippen molar-refractivity contribution in [1.82, 2.24) is 4.98 Å². The number of pyridine rings is 1. The molecule has 0 bridgehead atoms. The van der Waals surface area contributed by atoms with E-state index in [4.69, 9.17) is 0 Å². The summed E-state index contributed by atoms with van der Waals surface area (Å²) in [5, 5.41) is 0. The van der Waals surface area contributed by atoms with Crippen molar-refractivity contribution in [2.24, 2.45) is 0 Å². The van der Waals surface area contributed by atoms with E-state index in [1.54, 1.807) is 0 Å². The van der Waals surface area contributed by atoms with Gasteiger partial charge in [0.15, 0.2) is 0 Å². The van der Waals surface area contributed by atoms with Crippen molar-refractivity contribution in [2.75, 3.05) is 0 Å². The van der Waals surface area contributed by atoms with E-state index in [0.717, 1.165) is 5.69 Å². The van der Waals surface area contributed by atoms with Gasteiger partial charge < -0.3 is 0 Å². The molecule has 0 N–H and O–H groups in total. The van der Waals surface area contributed by atoms with E-state index in [-0.39, 0.29) is 0 Å². The van der Waals surface area contributed by atoms with Crippen LogP contribution in [0.25, 0.3) is 6.08 Å². The van der Waals surface area contributed by atoms with Crippen molar-refractivity contribution in [3.63, 3.8) is 0 Å². The summed E-state index contributed by atoms with van der Waals surface area (Å²) in [4.78, 5) is 4.23. The highest BCUT2D eigenvalue weighted by Crippen LogP contribution is 2.04. The number of hydrogen-bond acceptors (Lipinski definition) is 1. The number of allylic oxidation sites excluding steroid dienone is 1. The highest BCUT2D eigenvalue weighted by Gasteiger charge is 1.86. The summed E-state index contributed by atoms with van der Waals surface area (Å²) in [5.74, 6) is 0. The molecule has 1 aromatic heterocycles. The molecule has 0 saturated heterocycles. The predicted octanol–water partition coefficient (Wildman–Crippen LogP) is 4.07. The molecule has 1 rings (SSSR count). The summed E-state index contributed by atoms with van der Waals surface area (Å²) < 4.78 is 0. The molecule has 0 aromatic carbocycles. The molecule has 0 fully saturated rings. The SMILES string of the molecule is CCCCCCC=Cc1ccccn1. The molecular formula is C13H19N. The maximum absolute atomic E-state index is 4.23. The molecule has 76 valence electrons. The van der Waals surface area contributed by atoms with Crippen molar-refractivity contribution >= 4 is 6.08 Å². The molecule has 0 spiro atoms. The zero-order valence-corrected chi connectivity index (χ0v) is 8.95. The second-order valence-corrected chi connectivity index (χ2v) is 3.51. The fourth-order valence-corrected chi connectivity index (χ4v) is 1.37. The first-order valence-corrected chi connectivity index (χ1v) is 5.51. The van der Waals surface area contributed by atoms with Crippen LogP contribution in [-0.4, -0.2) is 4.98 Å². The van der Waals surface area contributed by atoms with Crippen molar-refractivity contribution in [3.8, 4) is 0 Å². The van der Waals surface area contributed by atoms with E-state index < -0.39 is 0 Å². The number of unbranched alkanes of at least 4 members (excludes halogenated alkanes) is 4. The Labute approximate surface area is 86.9 Å². The van der Waals surface area contributed by atoms with Crippen molar-refractivity contribution in [3.05, 3.63) is 36.2 Å². The lowest BCUT2D eigenvalue weighted by molar-refractivity contribution is 0.675. The molecule has 1 nitrogen and oxygen atoms in total. The van der Waals surface area contributed by atoms with E-state index in [2.05, 4.69) is 24.1 Å². The monoisotopic (exact) mass is 189 g/mol. The minimum absolute atomic E-state index is 1.06. The summed E-state index contributed by atoms with van der Waals surface area (Å²) in [6, 6.07) is 5.99. The molecule has 0 aliphatic heterocycles. The quantitative estimate of drug-likeness (QED) is 0.615. The van der Waals surface area contributed by atoms with Gasteiger partial charge in [-0.1, -0.05) is 38.3 Å². The second kappa shape index (κ2) is 7.31. The average molecular weight is 189 g/mol. The number of nitrogens with zero attached hydrogens (tertiary/aromatic N) is 1. The lowest BCUT2D eigenvalue weighted by Gasteiger charge is -1.94. The average Bonchev–Trinajstić information content (AvgIpc) is 2.25. The summed E-state index contributed by atoms with van der Waals surface area (Å²) in [5.41, 5.74) is 1.06. The normalized spacial score (nSPS) is 10.9. The summed E-state index contributed by atoms with van der Waals surface area (Å²) in [6.45, 7) is 2.24. The fourth-order valence-electron chi connectivity index (χ4n) is 1.37. The first-order chi connectivity index (χ1) is 6.93. The molecule has 1 heteroatoms. The maximum atomic E-state index is 4.23. The molecule has 0 unspecified atom stereocenters. The van der Waals surface area contributed by atoms with Gasteiger partial charge in [0.05, 0.1) is 5.69 Å². The van der Waals surface area contributed by atoms with E-state index in [0.29, 0.717) is 0 Å². The second-order valence-electron chi connectivity index (χ2n) is 3.51. The Morgan fingerprint density at radius 3 is 2.86 bits per heavy atom. The van der Waals surface area contributed by atoms with Crippen LogP contribution in [0.5, 0.6) is 0 Å². The third-order valence-corrected chi connectivity index (χ3v) is 2.20. The molecule has 0 atom stereocenters. The van der Waals surface area contributed by atoms with Crippen LogP contribution < -0.4 is 0 Å². The van der Waals surface area contributed by atoms with Crippen LogP contribution in [0.1, 0.15) is 44.7 Å². The molecule has 1 aromatic rings. The van der Waals surface area contributed by atoms with Crippen LogP contribution in [0.4, 0.5) is 0 Å². The standard InChI is InChI=1S/C13H19N/c1-2-3-4-5-6-7-10-13-11-8-9-12-14-13/h7-12H,2-6H2,1H3. The zero-order valence-electron chi connectivity index (χ0n) is 8.95. The van der Waals surface area contributed by atoms with Gasteiger partial charge in [0.2, 0.25) is 0 Å². The zero-order chi connectivity index (χ0) is 10.1. The molecule has 1 heterocycles. The molecule has 0 saturated carbocycles. The van der Waals surface area contributed by atoms with E-state index >= 15 is 0 Å². The lowest BCUT2D eigenvalue weighted by atomic mass is 10.1. The van der Waals surface area contributed by atoms with Gasteiger partial charge in [0, 0.05) is 6.20 Å². The van der Waals surface area contributed by atoms with Gasteiger partial charge in [0.25, 0.3) is 0 Å². The summed E-state index contributed by atoms with van der Waals surface area (Å²) in [6.07, 6.45) is 12.7. The van der Waals surface area contributed by atoms with Gasteiger partial charge in [-0.3, -0.25) is 4.98 Å². The van der Waals surface area contributed by atoms with Gasteiger partial charge in [0.1, 0.15) is 0 Å². The van der Waals surface area contributed by atoms with E-state index in [9.17, 15) is 0 Å². The highest BCUT2D eigenvalue weighted by atomic mass is 14.6. The molecule has 14 heavy (non-hydrogen) atoms. The topological polar surface area (TPSA) is 12.9 Å². The molecule has 0 radical (unpaired) electrons. The van der Waals surface area contributed by atoms with Gasteiger partial charge in [-0.25, -0.2) is 0 Å². The summed E-state index contributed by atoms with van der Waals surface area (Å²) in [7, 11) is 0. The minimum atomic E-state index is 1.06. The smallest absolute Gasteiger partial charge is 0.0626 e. The van der Waals surface area contributed by atoms with Crippen LogP contribution in [0.3, 0.4) is 0 Å². The first kappa shape index (κ1) is 11.0. The highest BCUT2D eigenvalue weighted by molar-refractivity contribution is 5.43. The van der Waals surface area contributed by atoms with Crippen molar-refractivity contribution in [2.45, 2.75) is 39.0 Å². The van der Waals surface area contributed by atoms with Crippen LogP contribution in [-0.2, 0) is 0 Å². The fraction of sp³-hybridized carbons (Fsp3) is 0.462. The Bertz CT molecular complexity index is 251. The summed E-state index contributed by atoms with van der Waals surface area (Å²) >= 11 is 0. The predicted molar refractivity (Wildman–Crippen MR) is 62.0 cm³/mol. The van der Waals surface area contributed by atoms with Crippen molar-refractivity contribution < 1.29 is 0 Å². The van der Waals surface area contributed by atoms with Crippen LogP contribution in [0.15, 0.2) is 30.5 Å². The Hall–Kier alpha value is -1.11. The Balaban J connectivity index is 2.15. The van der Waals surface area contributed by atoms with Crippen molar-refractivity contribution in [1.29, 1.82) is 0 Å². The van der Waals surface area contributed by atoms with Gasteiger partial charge in [-0.15, -0.1) is 0 Å². The van der Waals surface area contributed by atoms with E-state index in [1.807, 2.05) is 24.4 Å². The Kier molecular flexibility index (Phi) is 5.73. The third kappa shape index (κ3) is 4.80. The molecule has 0 aliphatic rings. The minimum Gasteiger partial charge on any atom is -0.257 e. The number of aromatic nitrogens is 1.